The summed E-state index contributed by atoms with van der Waals surface area (Å²) in [6.45, 7) is 2.17. The first-order chi connectivity index (χ1) is 11.2. The van der Waals surface area contributed by atoms with Gasteiger partial charge in [-0.2, -0.15) is 4.98 Å². The third kappa shape index (κ3) is 4.40. The van der Waals surface area contributed by atoms with E-state index in [1.807, 2.05) is 22.9 Å². The molecule has 0 saturated carbocycles. The molecule has 23 heavy (non-hydrogen) atoms. The Morgan fingerprint density at radius 1 is 1.39 bits per heavy atom. The van der Waals surface area contributed by atoms with E-state index in [1.165, 1.54) is 23.1 Å². The highest BCUT2D eigenvalue weighted by Crippen LogP contribution is 2.27. The molecular formula is C14H13N3O3S3. The van der Waals surface area contributed by atoms with Crippen LogP contribution in [0, 0.1) is 0 Å². The molecule has 0 bridgehead atoms. The zero-order chi connectivity index (χ0) is 16.1. The molecule has 0 amide bonds. The van der Waals surface area contributed by atoms with Crippen molar-refractivity contribution in [2.75, 3.05) is 6.61 Å². The molecule has 0 radical (unpaired) electrons. The average molecular weight is 367 g/mol. The Morgan fingerprint density at radius 3 is 3.09 bits per heavy atom. The van der Waals surface area contributed by atoms with Crippen LogP contribution in [-0.2, 0) is 21.7 Å². The maximum absolute atomic E-state index is 11.4. The van der Waals surface area contributed by atoms with Crippen LogP contribution < -0.4 is 0 Å². The van der Waals surface area contributed by atoms with E-state index in [4.69, 9.17) is 9.26 Å². The maximum Gasteiger partial charge on any atom is 0.311 e. The summed E-state index contributed by atoms with van der Waals surface area (Å²) in [6, 6.07) is 3.89. The highest BCUT2D eigenvalue weighted by molar-refractivity contribution is 8.00. The third-order valence-corrected chi connectivity index (χ3v) is 5.61. The molecule has 6 nitrogen and oxygen atoms in total. The molecule has 3 rings (SSSR count). The van der Waals surface area contributed by atoms with Gasteiger partial charge in [-0.3, -0.25) is 4.79 Å². The number of nitrogens with zero attached hydrogens (tertiary/aromatic N) is 3. The van der Waals surface area contributed by atoms with Crippen LogP contribution in [0.1, 0.15) is 18.4 Å². The molecule has 0 aliphatic rings. The summed E-state index contributed by atoms with van der Waals surface area (Å²) in [5, 5.41) is 7.80. The molecule has 0 aromatic carbocycles. The van der Waals surface area contributed by atoms with Gasteiger partial charge in [-0.15, -0.1) is 22.7 Å². The monoisotopic (exact) mass is 367 g/mol. The van der Waals surface area contributed by atoms with Gasteiger partial charge in [-0.25, -0.2) is 4.98 Å². The van der Waals surface area contributed by atoms with Crippen molar-refractivity contribution < 1.29 is 14.1 Å². The largest absolute Gasteiger partial charge is 0.466 e. The van der Waals surface area contributed by atoms with Crippen LogP contribution in [0.15, 0.2) is 31.8 Å². The van der Waals surface area contributed by atoms with E-state index in [1.54, 1.807) is 18.3 Å². The molecule has 0 saturated heterocycles. The smallest absolute Gasteiger partial charge is 0.311 e. The zero-order valence-corrected chi connectivity index (χ0v) is 14.7. The Morgan fingerprint density at radius 2 is 2.30 bits per heavy atom. The number of thiophene rings is 1. The lowest BCUT2D eigenvalue weighted by molar-refractivity contribution is -0.142. The minimum Gasteiger partial charge on any atom is -0.466 e. The fraction of sp³-hybridized carbons (Fsp3) is 0.286. The number of ether oxygens (including phenoxy) is 1. The van der Waals surface area contributed by atoms with Crippen molar-refractivity contribution in [1.82, 2.24) is 15.1 Å². The van der Waals surface area contributed by atoms with E-state index in [-0.39, 0.29) is 12.4 Å². The van der Waals surface area contributed by atoms with Gasteiger partial charge < -0.3 is 9.26 Å². The normalized spacial score (nSPS) is 10.8. The summed E-state index contributed by atoms with van der Waals surface area (Å²) in [4.78, 5) is 21.1. The molecule has 0 fully saturated rings. The Hall–Kier alpha value is -1.71. The van der Waals surface area contributed by atoms with Gasteiger partial charge in [-0.05, 0) is 18.4 Å². The lowest BCUT2D eigenvalue weighted by Gasteiger charge is -1.97. The highest BCUT2D eigenvalue weighted by Gasteiger charge is 2.12. The highest BCUT2D eigenvalue weighted by atomic mass is 32.2. The summed E-state index contributed by atoms with van der Waals surface area (Å²) in [7, 11) is 0. The van der Waals surface area contributed by atoms with E-state index in [2.05, 4.69) is 15.1 Å². The van der Waals surface area contributed by atoms with Gasteiger partial charge in [0, 0.05) is 5.38 Å². The summed E-state index contributed by atoms with van der Waals surface area (Å²) in [5.74, 6) is 1.48. The number of hydrogen-bond acceptors (Lipinski definition) is 9. The van der Waals surface area contributed by atoms with Crippen LogP contribution >= 0.6 is 34.4 Å². The van der Waals surface area contributed by atoms with Crippen molar-refractivity contribution in [1.29, 1.82) is 0 Å². The topological polar surface area (TPSA) is 78.1 Å². The number of rotatable bonds is 7. The Kier molecular flexibility index (Phi) is 5.42. The lowest BCUT2D eigenvalue weighted by Crippen LogP contribution is -2.07. The molecule has 3 aromatic heterocycles. The van der Waals surface area contributed by atoms with Crippen LogP contribution in [0.25, 0.3) is 10.8 Å². The third-order valence-electron chi connectivity index (χ3n) is 2.69. The minimum atomic E-state index is -0.256. The quantitative estimate of drug-likeness (QED) is 0.466. The van der Waals surface area contributed by atoms with Crippen molar-refractivity contribution in [3.63, 3.8) is 0 Å². The van der Waals surface area contributed by atoms with E-state index in [9.17, 15) is 4.79 Å². The number of esters is 1. The molecule has 0 atom stereocenters. The first kappa shape index (κ1) is 16.2. The van der Waals surface area contributed by atoms with Crippen molar-refractivity contribution in [3.05, 3.63) is 34.4 Å². The van der Waals surface area contributed by atoms with E-state index < -0.39 is 0 Å². The predicted molar refractivity (Wildman–Crippen MR) is 89.6 cm³/mol. The lowest BCUT2D eigenvalue weighted by atomic mass is 10.3. The van der Waals surface area contributed by atoms with Crippen molar-refractivity contribution in [2.24, 2.45) is 0 Å². The second-order valence-corrected chi connectivity index (χ2v) is 7.40. The second kappa shape index (κ2) is 7.71. The van der Waals surface area contributed by atoms with Gasteiger partial charge in [0.15, 0.2) is 10.2 Å². The van der Waals surface area contributed by atoms with Gasteiger partial charge in [0.1, 0.15) is 0 Å². The molecule has 0 aliphatic heterocycles. The standard InChI is InChI=1S/C14H13N3O3S3/c1-2-19-12(18)6-9-7-22-14(15-9)23-8-11-16-13(20-17-11)10-4-3-5-21-10/h3-5,7H,2,6,8H2,1H3. The zero-order valence-electron chi connectivity index (χ0n) is 12.2. The molecule has 0 aliphatic carbocycles. The van der Waals surface area contributed by atoms with Crippen molar-refractivity contribution >= 4 is 40.4 Å². The van der Waals surface area contributed by atoms with E-state index in [0.29, 0.717) is 24.1 Å². The van der Waals surface area contributed by atoms with Gasteiger partial charge in [0.25, 0.3) is 5.89 Å². The van der Waals surface area contributed by atoms with Crippen LogP contribution in [0.5, 0.6) is 0 Å². The maximum atomic E-state index is 11.4. The van der Waals surface area contributed by atoms with Crippen molar-refractivity contribution in [2.45, 2.75) is 23.4 Å². The summed E-state index contributed by atoms with van der Waals surface area (Å²) < 4.78 is 11.0. The van der Waals surface area contributed by atoms with Crippen LogP contribution in [0.2, 0.25) is 0 Å². The van der Waals surface area contributed by atoms with Crippen LogP contribution in [0.3, 0.4) is 0 Å². The Bertz CT molecular complexity index is 767. The van der Waals surface area contributed by atoms with Gasteiger partial charge in [0.2, 0.25) is 0 Å². The molecular weight excluding hydrogens is 354 g/mol. The van der Waals surface area contributed by atoms with E-state index >= 15 is 0 Å². The van der Waals surface area contributed by atoms with Gasteiger partial charge in [0.05, 0.1) is 29.4 Å². The number of hydrogen-bond donors (Lipinski definition) is 0. The first-order valence-electron chi connectivity index (χ1n) is 6.84. The summed E-state index contributed by atoms with van der Waals surface area (Å²) >= 11 is 4.57. The molecule has 120 valence electrons. The molecule has 3 heterocycles. The molecule has 0 unspecified atom stereocenters. The average Bonchev–Trinajstić information content (AvgIpc) is 3.27. The van der Waals surface area contributed by atoms with Crippen molar-refractivity contribution in [3.8, 4) is 10.8 Å². The Balaban J connectivity index is 1.54. The molecule has 0 N–H and O–H groups in total. The fourth-order valence-corrected chi connectivity index (χ4v) is 4.07. The second-order valence-electron chi connectivity index (χ2n) is 4.37. The fourth-order valence-electron chi connectivity index (χ4n) is 1.73. The first-order valence-corrected chi connectivity index (χ1v) is 9.58. The number of aromatic nitrogens is 3. The number of thioether (sulfide) groups is 1. The number of thiazole rings is 1. The van der Waals surface area contributed by atoms with Crippen LogP contribution in [-0.4, -0.2) is 27.7 Å². The van der Waals surface area contributed by atoms with Gasteiger partial charge in [-0.1, -0.05) is 23.0 Å². The number of carbonyl (C=O) groups is 1. The SMILES string of the molecule is CCOC(=O)Cc1csc(SCc2noc(-c3cccs3)n2)n1. The predicted octanol–water partition coefficient (Wildman–Crippen LogP) is 3.65. The van der Waals surface area contributed by atoms with Gasteiger partial charge >= 0.3 is 5.97 Å². The molecule has 9 heteroatoms. The molecule has 0 spiro atoms. The minimum absolute atomic E-state index is 0.204. The summed E-state index contributed by atoms with van der Waals surface area (Å²) in [6.07, 6.45) is 0.204. The number of carbonyl (C=O) groups excluding carboxylic acids is 1. The van der Waals surface area contributed by atoms with E-state index in [0.717, 1.165) is 14.9 Å². The molecule has 3 aromatic rings. The Labute approximate surface area is 144 Å². The van der Waals surface area contributed by atoms with Crippen LogP contribution in [0.4, 0.5) is 0 Å². The summed E-state index contributed by atoms with van der Waals surface area (Å²) in [5.41, 5.74) is 0.725.